The van der Waals surface area contributed by atoms with E-state index in [2.05, 4.69) is 5.92 Å². The van der Waals surface area contributed by atoms with Crippen LogP contribution in [0.5, 0.6) is 0 Å². The number of rotatable bonds is 2. The molecule has 4 nitrogen and oxygen atoms in total. The van der Waals surface area contributed by atoms with Crippen LogP contribution < -0.4 is 5.56 Å². The minimum Gasteiger partial charge on any atom is -0.478 e. The second-order valence-electron chi connectivity index (χ2n) is 2.39. The molecule has 13 heavy (non-hydrogen) atoms. The van der Waals surface area contributed by atoms with Gasteiger partial charge in [-0.3, -0.25) is 4.79 Å². The summed E-state index contributed by atoms with van der Waals surface area (Å²) in [6.45, 7) is 0.0833. The lowest BCUT2D eigenvalue weighted by Gasteiger charge is -2.00. The zero-order chi connectivity index (χ0) is 9.84. The van der Waals surface area contributed by atoms with E-state index in [1.807, 2.05) is 0 Å². The number of aromatic nitrogens is 1. The fraction of sp³-hybridized carbons (Fsp3) is 0.111. The topological polar surface area (TPSA) is 59.3 Å². The normalized spacial score (nSPS) is 9.15. The van der Waals surface area contributed by atoms with Gasteiger partial charge in [0, 0.05) is 12.3 Å². The lowest BCUT2D eigenvalue weighted by Crippen LogP contribution is -2.19. The number of hydrogen-bond acceptors (Lipinski definition) is 2. The van der Waals surface area contributed by atoms with E-state index in [-0.39, 0.29) is 17.7 Å². The van der Waals surface area contributed by atoms with Crippen LogP contribution in [0.4, 0.5) is 0 Å². The molecule has 0 aromatic carbocycles. The molecule has 1 aromatic rings. The number of carboxylic acid groups (broad SMARTS) is 1. The first-order valence-corrected chi connectivity index (χ1v) is 3.52. The molecule has 0 aliphatic carbocycles. The van der Waals surface area contributed by atoms with Crippen molar-refractivity contribution >= 4 is 5.97 Å². The average molecular weight is 177 g/mol. The standard InChI is InChI=1S/C9H7NO3/c1-2-5-10-6-7(9(12)13)3-4-8(10)11/h1,3-4,6H,5H2,(H,12,13). The monoisotopic (exact) mass is 177 g/mol. The van der Waals surface area contributed by atoms with Crippen molar-refractivity contribution in [1.82, 2.24) is 4.57 Å². The molecule has 0 saturated carbocycles. The van der Waals surface area contributed by atoms with E-state index in [0.29, 0.717) is 0 Å². The predicted octanol–water partition coefficient (Wildman–Crippen LogP) is 0.180. The van der Waals surface area contributed by atoms with Crippen LogP contribution in [0.15, 0.2) is 23.1 Å². The van der Waals surface area contributed by atoms with Crippen LogP contribution in [0.2, 0.25) is 0 Å². The molecular weight excluding hydrogens is 170 g/mol. The van der Waals surface area contributed by atoms with Gasteiger partial charge in [-0.1, -0.05) is 5.92 Å². The van der Waals surface area contributed by atoms with Gasteiger partial charge in [-0.2, -0.15) is 0 Å². The Morgan fingerprint density at radius 3 is 2.85 bits per heavy atom. The highest BCUT2D eigenvalue weighted by Gasteiger charge is 2.03. The average Bonchev–Trinajstić information content (AvgIpc) is 2.08. The van der Waals surface area contributed by atoms with Gasteiger partial charge in [0.15, 0.2) is 0 Å². The van der Waals surface area contributed by atoms with Crippen LogP contribution in [-0.4, -0.2) is 15.6 Å². The van der Waals surface area contributed by atoms with Crippen molar-refractivity contribution in [3.8, 4) is 12.3 Å². The van der Waals surface area contributed by atoms with Crippen molar-refractivity contribution in [2.24, 2.45) is 0 Å². The number of carboxylic acids is 1. The highest BCUT2D eigenvalue weighted by atomic mass is 16.4. The molecule has 4 heteroatoms. The van der Waals surface area contributed by atoms with Crippen molar-refractivity contribution in [2.45, 2.75) is 6.54 Å². The predicted molar refractivity (Wildman–Crippen MR) is 46.5 cm³/mol. The summed E-state index contributed by atoms with van der Waals surface area (Å²) >= 11 is 0. The summed E-state index contributed by atoms with van der Waals surface area (Å²) in [6.07, 6.45) is 6.23. The van der Waals surface area contributed by atoms with Crippen LogP contribution in [0.1, 0.15) is 10.4 Å². The highest BCUT2D eigenvalue weighted by Crippen LogP contribution is 1.94. The van der Waals surface area contributed by atoms with Crippen molar-refractivity contribution in [1.29, 1.82) is 0 Å². The van der Waals surface area contributed by atoms with Gasteiger partial charge in [0.2, 0.25) is 0 Å². The molecular formula is C9H7NO3. The van der Waals surface area contributed by atoms with Crippen LogP contribution in [0.3, 0.4) is 0 Å². The van der Waals surface area contributed by atoms with Gasteiger partial charge in [0.05, 0.1) is 12.1 Å². The summed E-state index contributed by atoms with van der Waals surface area (Å²) in [5.74, 6) is 1.18. The Morgan fingerprint density at radius 1 is 1.62 bits per heavy atom. The maximum absolute atomic E-state index is 11.1. The van der Waals surface area contributed by atoms with E-state index in [9.17, 15) is 9.59 Å². The van der Waals surface area contributed by atoms with E-state index < -0.39 is 5.97 Å². The molecule has 0 atom stereocenters. The van der Waals surface area contributed by atoms with E-state index in [4.69, 9.17) is 11.5 Å². The molecule has 1 N–H and O–H groups in total. The van der Waals surface area contributed by atoms with Crippen LogP contribution in [0, 0.1) is 12.3 Å². The second kappa shape index (κ2) is 3.59. The maximum Gasteiger partial charge on any atom is 0.337 e. The molecule has 66 valence electrons. The molecule has 0 spiro atoms. The summed E-state index contributed by atoms with van der Waals surface area (Å²) in [7, 11) is 0. The molecule has 0 amide bonds. The Kier molecular flexibility index (Phi) is 2.50. The zero-order valence-corrected chi connectivity index (χ0v) is 6.73. The van der Waals surface area contributed by atoms with Crippen LogP contribution in [-0.2, 0) is 6.54 Å². The lowest BCUT2D eigenvalue weighted by atomic mass is 10.3. The number of hydrogen-bond donors (Lipinski definition) is 1. The van der Waals surface area contributed by atoms with Gasteiger partial charge in [-0.25, -0.2) is 4.79 Å². The van der Waals surface area contributed by atoms with Gasteiger partial charge in [0.1, 0.15) is 0 Å². The summed E-state index contributed by atoms with van der Waals surface area (Å²) < 4.78 is 1.17. The molecule has 0 radical (unpaired) electrons. The Hall–Kier alpha value is -2.02. The summed E-state index contributed by atoms with van der Waals surface area (Å²) in [4.78, 5) is 21.6. The Balaban J connectivity index is 3.20. The van der Waals surface area contributed by atoms with Gasteiger partial charge in [0.25, 0.3) is 5.56 Å². The largest absolute Gasteiger partial charge is 0.478 e. The number of nitrogens with zero attached hydrogens (tertiary/aromatic N) is 1. The minimum atomic E-state index is -1.08. The summed E-state index contributed by atoms with van der Waals surface area (Å²) in [6, 6.07) is 2.43. The number of pyridine rings is 1. The fourth-order valence-corrected chi connectivity index (χ4v) is 0.880. The quantitative estimate of drug-likeness (QED) is 0.655. The Bertz CT molecular complexity index is 425. The number of terminal acetylenes is 1. The van der Waals surface area contributed by atoms with Crippen molar-refractivity contribution in [3.63, 3.8) is 0 Å². The molecule has 0 bridgehead atoms. The van der Waals surface area contributed by atoms with E-state index in [1.165, 1.54) is 22.9 Å². The van der Waals surface area contributed by atoms with Crippen molar-refractivity contribution in [3.05, 3.63) is 34.2 Å². The molecule has 1 heterocycles. The first-order valence-electron chi connectivity index (χ1n) is 3.52. The van der Waals surface area contributed by atoms with Gasteiger partial charge in [-0.15, -0.1) is 6.42 Å². The van der Waals surface area contributed by atoms with E-state index >= 15 is 0 Å². The lowest BCUT2D eigenvalue weighted by molar-refractivity contribution is 0.0696. The Labute approximate surface area is 74.4 Å². The smallest absolute Gasteiger partial charge is 0.337 e. The van der Waals surface area contributed by atoms with E-state index in [1.54, 1.807) is 0 Å². The molecule has 0 aliphatic heterocycles. The summed E-state index contributed by atoms with van der Waals surface area (Å²) in [5, 5.41) is 8.60. The zero-order valence-electron chi connectivity index (χ0n) is 6.73. The molecule has 0 saturated heterocycles. The van der Waals surface area contributed by atoms with Gasteiger partial charge < -0.3 is 9.67 Å². The summed E-state index contributed by atoms with van der Waals surface area (Å²) in [5.41, 5.74) is -0.252. The molecule has 1 rings (SSSR count). The first kappa shape index (κ1) is 9.07. The molecule has 0 aliphatic rings. The van der Waals surface area contributed by atoms with Crippen LogP contribution >= 0.6 is 0 Å². The number of carbonyl (C=O) groups is 1. The van der Waals surface area contributed by atoms with Gasteiger partial charge >= 0.3 is 5.97 Å². The highest BCUT2D eigenvalue weighted by molar-refractivity contribution is 5.87. The first-order chi connectivity index (χ1) is 6.15. The van der Waals surface area contributed by atoms with Crippen LogP contribution in [0.25, 0.3) is 0 Å². The second-order valence-corrected chi connectivity index (χ2v) is 2.39. The molecule has 0 unspecified atom stereocenters. The maximum atomic E-state index is 11.1. The third kappa shape index (κ3) is 1.97. The number of aromatic carboxylic acids is 1. The SMILES string of the molecule is C#CCn1cc(C(=O)O)ccc1=O. The minimum absolute atomic E-state index is 0.0508. The van der Waals surface area contributed by atoms with Crippen molar-refractivity contribution < 1.29 is 9.90 Å². The third-order valence-electron chi connectivity index (χ3n) is 1.49. The van der Waals surface area contributed by atoms with E-state index in [0.717, 1.165) is 0 Å². The van der Waals surface area contributed by atoms with Crippen molar-refractivity contribution in [2.75, 3.05) is 0 Å². The Morgan fingerprint density at radius 2 is 2.31 bits per heavy atom. The fourth-order valence-electron chi connectivity index (χ4n) is 0.880. The molecule has 1 aromatic heterocycles. The van der Waals surface area contributed by atoms with Gasteiger partial charge in [-0.05, 0) is 6.07 Å². The third-order valence-corrected chi connectivity index (χ3v) is 1.49. The molecule has 0 fully saturated rings.